The van der Waals surface area contributed by atoms with Crippen molar-refractivity contribution in [1.29, 1.82) is 0 Å². The van der Waals surface area contributed by atoms with E-state index < -0.39 is 5.97 Å². The van der Waals surface area contributed by atoms with Gasteiger partial charge in [-0.3, -0.25) is 0 Å². The molecule has 0 aliphatic heterocycles. The SMILES string of the molecule is Nc1cnc(OCCO)c(C(=O)O)c1. The molecule has 6 nitrogen and oxygen atoms in total. The average Bonchev–Trinajstić information content (AvgIpc) is 2.15. The second-order valence-corrected chi connectivity index (χ2v) is 2.50. The van der Waals surface area contributed by atoms with Crippen molar-refractivity contribution >= 4 is 11.7 Å². The molecule has 1 heterocycles. The first-order valence-electron chi connectivity index (χ1n) is 3.87. The van der Waals surface area contributed by atoms with Crippen molar-refractivity contribution in [2.45, 2.75) is 0 Å². The Kier molecular flexibility index (Phi) is 3.24. The molecule has 1 aromatic rings. The summed E-state index contributed by atoms with van der Waals surface area (Å²) in [6, 6.07) is 1.25. The summed E-state index contributed by atoms with van der Waals surface area (Å²) < 4.78 is 4.91. The van der Waals surface area contributed by atoms with Gasteiger partial charge in [0.2, 0.25) is 5.88 Å². The van der Waals surface area contributed by atoms with Crippen LogP contribution in [0.5, 0.6) is 5.88 Å². The summed E-state index contributed by atoms with van der Waals surface area (Å²) in [6.07, 6.45) is 1.29. The van der Waals surface area contributed by atoms with E-state index in [-0.39, 0.29) is 30.3 Å². The maximum Gasteiger partial charge on any atom is 0.341 e. The number of aliphatic hydroxyl groups excluding tert-OH is 1. The lowest BCUT2D eigenvalue weighted by Gasteiger charge is -2.06. The Balaban J connectivity index is 2.96. The topological polar surface area (TPSA) is 106 Å². The smallest absolute Gasteiger partial charge is 0.341 e. The minimum atomic E-state index is -1.17. The highest BCUT2D eigenvalue weighted by Crippen LogP contribution is 2.17. The first-order valence-corrected chi connectivity index (χ1v) is 3.87. The van der Waals surface area contributed by atoms with Crippen LogP contribution in [0.25, 0.3) is 0 Å². The Hall–Kier alpha value is -1.82. The summed E-state index contributed by atoms with van der Waals surface area (Å²) in [5, 5.41) is 17.2. The third-order valence-electron chi connectivity index (χ3n) is 1.43. The number of hydrogen-bond donors (Lipinski definition) is 3. The molecule has 0 fully saturated rings. The normalized spacial score (nSPS) is 9.79. The number of ether oxygens (including phenoxy) is 1. The van der Waals surface area contributed by atoms with Crippen LogP contribution in [0.4, 0.5) is 5.69 Å². The van der Waals surface area contributed by atoms with E-state index in [0.717, 1.165) is 0 Å². The highest BCUT2D eigenvalue weighted by Gasteiger charge is 2.12. The van der Waals surface area contributed by atoms with Gasteiger partial charge in [-0.15, -0.1) is 0 Å². The molecule has 0 spiro atoms. The van der Waals surface area contributed by atoms with E-state index in [1.807, 2.05) is 0 Å². The van der Waals surface area contributed by atoms with E-state index in [0.29, 0.717) is 0 Å². The average molecular weight is 198 g/mol. The van der Waals surface area contributed by atoms with E-state index in [1.54, 1.807) is 0 Å². The fourth-order valence-corrected chi connectivity index (χ4v) is 0.879. The van der Waals surface area contributed by atoms with Crippen molar-refractivity contribution in [3.63, 3.8) is 0 Å². The number of nitrogens with zero attached hydrogens (tertiary/aromatic N) is 1. The van der Waals surface area contributed by atoms with Crippen LogP contribution in [0.2, 0.25) is 0 Å². The lowest BCUT2D eigenvalue weighted by molar-refractivity contribution is 0.0689. The molecule has 0 radical (unpaired) electrons. The van der Waals surface area contributed by atoms with Gasteiger partial charge >= 0.3 is 5.97 Å². The third-order valence-corrected chi connectivity index (χ3v) is 1.43. The Morgan fingerprint density at radius 3 is 2.93 bits per heavy atom. The predicted octanol–water partition coefficient (Wildman–Crippen LogP) is -0.267. The monoisotopic (exact) mass is 198 g/mol. The number of hydrogen-bond acceptors (Lipinski definition) is 5. The molecule has 0 aliphatic carbocycles. The van der Waals surface area contributed by atoms with E-state index in [9.17, 15) is 4.79 Å². The number of anilines is 1. The van der Waals surface area contributed by atoms with Crippen LogP contribution in [-0.2, 0) is 0 Å². The molecule has 6 heteroatoms. The van der Waals surface area contributed by atoms with Gasteiger partial charge in [-0.05, 0) is 6.07 Å². The summed E-state index contributed by atoms with van der Waals surface area (Å²) in [5.41, 5.74) is 5.50. The largest absolute Gasteiger partial charge is 0.477 e. The molecule has 76 valence electrons. The number of nitrogen functional groups attached to an aromatic ring is 1. The Labute approximate surface area is 79.9 Å². The molecular formula is C8H10N2O4. The van der Waals surface area contributed by atoms with Gasteiger partial charge in [0.25, 0.3) is 0 Å². The van der Waals surface area contributed by atoms with Gasteiger partial charge in [0, 0.05) is 0 Å². The number of aliphatic hydroxyl groups is 1. The molecule has 1 rings (SSSR count). The molecule has 1 aromatic heterocycles. The van der Waals surface area contributed by atoms with Gasteiger partial charge in [-0.25, -0.2) is 9.78 Å². The number of carboxylic acid groups (broad SMARTS) is 1. The number of rotatable bonds is 4. The second kappa shape index (κ2) is 4.43. The first-order chi connectivity index (χ1) is 6.65. The van der Waals surface area contributed by atoms with E-state index >= 15 is 0 Å². The van der Waals surface area contributed by atoms with Gasteiger partial charge < -0.3 is 20.7 Å². The third kappa shape index (κ3) is 2.33. The zero-order valence-electron chi connectivity index (χ0n) is 7.30. The quantitative estimate of drug-likeness (QED) is 0.615. The van der Waals surface area contributed by atoms with Crippen molar-refractivity contribution in [3.8, 4) is 5.88 Å². The minimum Gasteiger partial charge on any atom is -0.477 e. The van der Waals surface area contributed by atoms with Crippen LogP contribution in [0.15, 0.2) is 12.3 Å². The molecule has 0 bridgehead atoms. The molecule has 0 amide bonds. The number of aromatic nitrogens is 1. The van der Waals surface area contributed by atoms with Crippen molar-refractivity contribution in [2.75, 3.05) is 18.9 Å². The summed E-state index contributed by atoms with van der Waals surface area (Å²) in [4.78, 5) is 14.4. The number of carboxylic acids is 1. The van der Waals surface area contributed by atoms with Gasteiger partial charge in [-0.2, -0.15) is 0 Å². The van der Waals surface area contributed by atoms with Crippen LogP contribution in [0, 0.1) is 0 Å². The summed E-state index contributed by atoms with van der Waals surface area (Å²) >= 11 is 0. The van der Waals surface area contributed by atoms with Crippen molar-refractivity contribution < 1.29 is 19.7 Å². The standard InChI is InChI=1S/C8H10N2O4/c9-5-3-6(8(12)13)7(10-4-5)14-2-1-11/h3-4,11H,1-2,9H2,(H,12,13). The number of aromatic carboxylic acids is 1. The fourth-order valence-electron chi connectivity index (χ4n) is 0.879. The van der Waals surface area contributed by atoms with Crippen LogP contribution in [0.3, 0.4) is 0 Å². The molecule has 0 atom stereocenters. The summed E-state index contributed by atoms with van der Waals surface area (Å²) in [5.74, 6) is -1.21. The molecule has 0 aliphatic rings. The minimum absolute atomic E-state index is 0.00278. The van der Waals surface area contributed by atoms with Crippen LogP contribution >= 0.6 is 0 Å². The van der Waals surface area contributed by atoms with Crippen molar-refractivity contribution in [3.05, 3.63) is 17.8 Å². The summed E-state index contributed by atoms with van der Waals surface area (Å²) in [7, 11) is 0. The van der Waals surface area contributed by atoms with Crippen LogP contribution < -0.4 is 10.5 Å². The van der Waals surface area contributed by atoms with E-state index in [2.05, 4.69) is 4.98 Å². The molecule has 0 saturated heterocycles. The lowest BCUT2D eigenvalue weighted by atomic mass is 10.2. The van der Waals surface area contributed by atoms with E-state index in [4.69, 9.17) is 20.7 Å². The number of nitrogens with two attached hydrogens (primary N) is 1. The zero-order chi connectivity index (χ0) is 10.6. The van der Waals surface area contributed by atoms with Crippen molar-refractivity contribution in [1.82, 2.24) is 4.98 Å². The molecule has 0 saturated carbocycles. The molecule has 14 heavy (non-hydrogen) atoms. The molecule has 0 unspecified atom stereocenters. The maximum atomic E-state index is 10.7. The van der Waals surface area contributed by atoms with Gasteiger partial charge in [0.1, 0.15) is 12.2 Å². The highest BCUT2D eigenvalue weighted by atomic mass is 16.5. The first kappa shape index (κ1) is 10.3. The molecule has 4 N–H and O–H groups in total. The zero-order valence-corrected chi connectivity index (χ0v) is 7.30. The fraction of sp³-hybridized carbons (Fsp3) is 0.250. The van der Waals surface area contributed by atoms with Gasteiger partial charge in [0.05, 0.1) is 18.5 Å². The maximum absolute atomic E-state index is 10.7. The van der Waals surface area contributed by atoms with Gasteiger partial charge in [-0.1, -0.05) is 0 Å². The van der Waals surface area contributed by atoms with Gasteiger partial charge in [0.15, 0.2) is 0 Å². The van der Waals surface area contributed by atoms with Crippen molar-refractivity contribution in [2.24, 2.45) is 0 Å². The number of pyridine rings is 1. The Morgan fingerprint density at radius 2 is 2.36 bits per heavy atom. The number of carbonyl (C=O) groups is 1. The second-order valence-electron chi connectivity index (χ2n) is 2.50. The Bertz CT molecular complexity index is 340. The lowest BCUT2D eigenvalue weighted by Crippen LogP contribution is -2.09. The predicted molar refractivity (Wildman–Crippen MR) is 48.2 cm³/mol. The van der Waals surface area contributed by atoms with Crippen LogP contribution in [0.1, 0.15) is 10.4 Å². The van der Waals surface area contributed by atoms with E-state index in [1.165, 1.54) is 12.3 Å². The molecular weight excluding hydrogens is 188 g/mol. The highest BCUT2D eigenvalue weighted by molar-refractivity contribution is 5.91. The van der Waals surface area contributed by atoms with Crippen LogP contribution in [-0.4, -0.2) is 34.4 Å². The Morgan fingerprint density at radius 1 is 1.64 bits per heavy atom. The molecule has 0 aromatic carbocycles. The summed E-state index contributed by atoms with van der Waals surface area (Å²) in [6.45, 7) is -0.206.